The van der Waals surface area contributed by atoms with Gasteiger partial charge < -0.3 is 5.48 Å². The topological polar surface area (TPSA) is 44.4 Å². The van der Waals surface area contributed by atoms with Crippen LogP contribution in [0.2, 0.25) is 0 Å². The Balaban J connectivity index is 0.000000810. The highest BCUT2D eigenvalue weighted by atomic mass is 16.0. The molecule has 54 valence electrons. The van der Waals surface area contributed by atoms with Gasteiger partial charge in [0.25, 0.3) is 0 Å². The molecule has 10 heavy (non-hydrogen) atoms. The summed E-state index contributed by atoms with van der Waals surface area (Å²) in [5, 5.41) is 0. The fraction of sp³-hybridized carbons (Fsp3) is 0.125. The van der Waals surface area contributed by atoms with Crippen LogP contribution in [0.25, 0.3) is 0 Å². The third-order valence-electron chi connectivity index (χ3n) is 1.08. The average Bonchev–Trinajstić information content (AvgIpc) is 1.91. The van der Waals surface area contributed by atoms with E-state index >= 15 is 0 Å². The molecule has 0 aromatic carbocycles. The maximum Gasteiger partial charge on any atom is 0.0441 e. The molecule has 2 N–H and O–H groups in total. The summed E-state index contributed by atoms with van der Waals surface area (Å²) in [6.07, 6.45) is 4.50. The lowest BCUT2D eigenvalue weighted by atomic mass is 10.3. The predicted molar refractivity (Wildman–Crippen MR) is 41.8 cm³/mol. The van der Waals surface area contributed by atoms with Gasteiger partial charge in [-0.1, -0.05) is 12.1 Å². The molecule has 0 saturated carbocycles. The molecule has 0 atom stereocenters. The van der Waals surface area contributed by atoms with Crippen molar-refractivity contribution in [3.8, 4) is 0 Å². The largest absolute Gasteiger partial charge is 0.412 e. The molecule has 0 aliphatic carbocycles. The standard InChI is InChI=1S/C8H9N.H2O/c1-2-5-8-6-3-4-7-9-8;/h2-4,6-7H,1,5H2;1H2. The van der Waals surface area contributed by atoms with E-state index in [1.165, 1.54) is 0 Å². The third-order valence-corrected chi connectivity index (χ3v) is 1.08. The van der Waals surface area contributed by atoms with Gasteiger partial charge in [-0.25, -0.2) is 0 Å². The third kappa shape index (κ3) is 2.42. The van der Waals surface area contributed by atoms with Crippen molar-refractivity contribution < 1.29 is 5.48 Å². The molecule has 1 aromatic heterocycles. The van der Waals surface area contributed by atoms with Gasteiger partial charge in [0.05, 0.1) is 0 Å². The summed E-state index contributed by atoms with van der Waals surface area (Å²) in [5.41, 5.74) is 1.08. The molecule has 2 nitrogen and oxygen atoms in total. The number of hydrogen-bond donors (Lipinski definition) is 0. The monoisotopic (exact) mass is 137 g/mol. The lowest BCUT2D eigenvalue weighted by Crippen LogP contribution is -1.82. The van der Waals surface area contributed by atoms with E-state index in [9.17, 15) is 0 Å². The van der Waals surface area contributed by atoms with E-state index in [4.69, 9.17) is 0 Å². The molecule has 0 amide bonds. The van der Waals surface area contributed by atoms with E-state index in [1.807, 2.05) is 24.3 Å². The van der Waals surface area contributed by atoms with Crippen LogP contribution >= 0.6 is 0 Å². The van der Waals surface area contributed by atoms with E-state index in [0.29, 0.717) is 0 Å². The van der Waals surface area contributed by atoms with Crippen molar-refractivity contribution in [1.29, 1.82) is 0 Å². The Bertz CT molecular complexity index is 184. The van der Waals surface area contributed by atoms with E-state index in [1.54, 1.807) is 6.20 Å². The second-order valence-corrected chi connectivity index (χ2v) is 1.81. The zero-order chi connectivity index (χ0) is 6.53. The van der Waals surface area contributed by atoms with Gasteiger partial charge in [0.2, 0.25) is 0 Å². The Hall–Kier alpha value is -1.15. The fourth-order valence-electron chi connectivity index (χ4n) is 0.667. The summed E-state index contributed by atoms with van der Waals surface area (Å²) in [7, 11) is 0. The second-order valence-electron chi connectivity index (χ2n) is 1.81. The van der Waals surface area contributed by atoms with Crippen molar-refractivity contribution in [3.05, 3.63) is 42.7 Å². The van der Waals surface area contributed by atoms with Gasteiger partial charge >= 0.3 is 0 Å². The molecule has 1 aromatic rings. The number of aromatic nitrogens is 1. The van der Waals surface area contributed by atoms with Crippen molar-refractivity contribution in [1.82, 2.24) is 4.98 Å². The molecule has 0 fully saturated rings. The molecular formula is C8H11NO. The van der Waals surface area contributed by atoms with Gasteiger partial charge in [-0.2, -0.15) is 0 Å². The first-order valence-electron chi connectivity index (χ1n) is 2.94. The number of nitrogens with zero attached hydrogens (tertiary/aromatic N) is 1. The summed E-state index contributed by atoms with van der Waals surface area (Å²) >= 11 is 0. The number of pyridine rings is 1. The second kappa shape index (κ2) is 4.70. The number of rotatable bonds is 2. The zero-order valence-corrected chi connectivity index (χ0v) is 5.75. The molecule has 0 aliphatic rings. The van der Waals surface area contributed by atoms with E-state index in [0.717, 1.165) is 12.1 Å². The van der Waals surface area contributed by atoms with Crippen molar-refractivity contribution in [2.45, 2.75) is 6.42 Å². The predicted octanol–water partition coefficient (Wildman–Crippen LogP) is 0.985. The molecular weight excluding hydrogens is 126 g/mol. The van der Waals surface area contributed by atoms with Crippen molar-refractivity contribution in [3.63, 3.8) is 0 Å². The van der Waals surface area contributed by atoms with Crippen LogP contribution < -0.4 is 0 Å². The molecule has 0 spiro atoms. The smallest absolute Gasteiger partial charge is 0.0441 e. The maximum atomic E-state index is 4.10. The molecule has 0 unspecified atom stereocenters. The molecule has 1 heterocycles. The van der Waals surface area contributed by atoms with Gasteiger partial charge in [-0.15, -0.1) is 6.58 Å². The van der Waals surface area contributed by atoms with Gasteiger partial charge in [-0.3, -0.25) is 4.98 Å². The Kier molecular flexibility index (Phi) is 4.16. The van der Waals surface area contributed by atoms with Crippen molar-refractivity contribution >= 4 is 0 Å². The first-order chi connectivity index (χ1) is 4.43. The fourth-order valence-corrected chi connectivity index (χ4v) is 0.667. The summed E-state index contributed by atoms with van der Waals surface area (Å²) < 4.78 is 0. The Labute approximate surface area is 60.5 Å². The minimum absolute atomic E-state index is 0. The van der Waals surface area contributed by atoms with Crippen LogP contribution in [0.5, 0.6) is 0 Å². The van der Waals surface area contributed by atoms with Crippen LogP contribution in [0.4, 0.5) is 0 Å². The first-order valence-corrected chi connectivity index (χ1v) is 2.94. The van der Waals surface area contributed by atoms with Gasteiger partial charge in [0.15, 0.2) is 0 Å². The minimum Gasteiger partial charge on any atom is -0.412 e. The highest BCUT2D eigenvalue weighted by Gasteiger charge is 1.83. The van der Waals surface area contributed by atoms with Gasteiger partial charge in [-0.05, 0) is 12.1 Å². The zero-order valence-electron chi connectivity index (χ0n) is 5.75. The number of allylic oxidation sites excluding steroid dienone is 1. The Morgan fingerprint density at radius 1 is 1.50 bits per heavy atom. The maximum absolute atomic E-state index is 4.10. The van der Waals surface area contributed by atoms with Crippen LogP contribution in [0.3, 0.4) is 0 Å². The summed E-state index contributed by atoms with van der Waals surface area (Å²) in [5.74, 6) is 0. The highest BCUT2D eigenvalue weighted by Crippen LogP contribution is 1.93. The molecule has 0 aliphatic heterocycles. The molecule has 0 bridgehead atoms. The molecule has 2 heteroatoms. The summed E-state index contributed by atoms with van der Waals surface area (Å²) in [4.78, 5) is 4.10. The summed E-state index contributed by atoms with van der Waals surface area (Å²) in [6.45, 7) is 3.62. The Morgan fingerprint density at radius 2 is 2.30 bits per heavy atom. The first kappa shape index (κ1) is 8.85. The normalized spacial score (nSPS) is 8.00. The minimum atomic E-state index is 0. The van der Waals surface area contributed by atoms with Crippen molar-refractivity contribution in [2.75, 3.05) is 0 Å². The average molecular weight is 137 g/mol. The molecule has 0 saturated heterocycles. The Morgan fingerprint density at radius 3 is 2.80 bits per heavy atom. The van der Waals surface area contributed by atoms with Gasteiger partial charge in [0.1, 0.15) is 0 Å². The van der Waals surface area contributed by atoms with Crippen LogP contribution in [0.1, 0.15) is 5.69 Å². The lowest BCUT2D eigenvalue weighted by molar-refractivity contribution is 0.824. The van der Waals surface area contributed by atoms with Gasteiger partial charge in [0, 0.05) is 18.3 Å². The van der Waals surface area contributed by atoms with E-state index < -0.39 is 0 Å². The molecule has 0 radical (unpaired) electrons. The van der Waals surface area contributed by atoms with Crippen LogP contribution in [0.15, 0.2) is 37.1 Å². The summed E-state index contributed by atoms with van der Waals surface area (Å²) in [6, 6.07) is 5.88. The quantitative estimate of drug-likeness (QED) is 0.560. The number of hydrogen-bond acceptors (Lipinski definition) is 1. The van der Waals surface area contributed by atoms with Crippen LogP contribution in [-0.4, -0.2) is 10.5 Å². The van der Waals surface area contributed by atoms with Crippen LogP contribution in [0, 0.1) is 0 Å². The van der Waals surface area contributed by atoms with Crippen LogP contribution in [-0.2, 0) is 6.42 Å². The van der Waals surface area contributed by atoms with E-state index in [-0.39, 0.29) is 5.48 Å². The lowest BCUT2D eigenvalue weighted by Gasteiger charge is -1.90. The van der Waals surface area contributed by atoms with E-state index in [2.05, 4.69) is 11.6 Å². The van der Waals surface area contributed by atoms with Crippen molar-refractivity contribution in [2.24, 2.45) is 0 Å². The molecule has 1 rings (SSSR count). The SMILES string of the molecule is C=CCc1ccccn1.O. The highest BCUT2D eigenvalue weighted by molar-refractivity contribution is 5.06.